The molecule has 1 fully saturated rings. The third-order valence-corrected chi connectivity index (χ3v) is 4.44. The highest BCUT2D eigenvalue weighted by atomic mass is 16.3. The summed E-state index contributed by atoms with van der Waals surface area (Å²) in [5.74, 6) is 1.82. The van der Waals surface area contributed by atoms with Gasteiger partial charge in [-0.1, -0.05) is 18.9 Å². The molecule has 1 aromatic heterocycles. The Labute approximate surface area is 119 Å². The van der Waals surface area contributed by atoms with Gasteiger partial charge in [-0.05, 0) is 37.6 Å². The highest BCUT2D eigenvalue weighted by molar-refractivity contribution is 5.77. The number of fused-ring (bicyclic) bond motifs is 1. The van der Waals surface area contributed by atoms with Gasteiger partial charge in [0.25, 0.3) is 0 Å². The van der Waals surface area contributed by atoms with Crippen LogP contribution in [-0.2, 0) is 7.05 Å². The summed E-state index contributed by atoms with van der Waals surface area (Å²) >= 11 is 0. The topological polar surface area (TPSA) is 50.1 Å². The summed E-state index contributed by atoms with van der Waals surface area (Å²) in [6.07, 6.45) is 4.68. The Balaban J connectivity index is 1.98. The first-order valence-electron chi connectivity index (χ1n) is 7.49. The summed E-state index contributed by atoms with van der Waals surface area (Å²) in [7, 11) is 3.95. The molecule has 2 N–H and O–H groups in total. The summed E-state index contributed by atoms with van der Waals surface area (Å²) < 4.78 is 2.22. The Bertz CT molecular complexity index is 599. The third kappa shape index (κ3) is 2.34. The van der Waals surface area contributed by atoms with Crippen molar-refractivity contribution in [2.45, 2.75) is 37.7 Å². The van der Waals surface area contributed by atoms with Gasteiger partial charge in [-0.2, -0.15) is 0 Å². The number of aliphatic hydroxyl groups is 1. The molecule has 4 nitrogen and oxygen atoms in total. The van der Waals surface area contributed by atoms with Crippen LogP contribution in [0.3, 0.4) is 0 Å². The summed E-state index contributed by atoms with van der Waals surface area (Å²) in [5.41, 5.74) is 3.09. The van der Waals surface area contributed by atoms with E-state index in [0.717, 1.165) is 16.6 Å². The Kier molecular flexibility index (Phi) is 3.76. The largest absolute Gasteiger partial charge is 0.387 e. The van der Waals surface area contributed by atoms with Crippen LogP contribution in [0.5, 0.6) is 0 Å². The second-order valence-corrected chi connectivity index (χ2v) is 5.83. The zero-order chi connectivity index (χ0) is 14.1. The molecular formula is C16H23N3O. The standard InChI is InChI=1S/C16H23N3O/c1-17-10-15(20)12-7-8-14-13(9-12)18-16(19(14)2)11-5-3-4-6-11/h7-9,11,15,17,20H,3-6,10H2,1-2H3. The number of rotatable bonds is 4. The number of hydrogen-bond acceptors (Lipinski definition) is 3. The number of aromatic nitrogens is 2. The van der Waals surface area contributed by atoms with E-state index in [2.05, 4.69) is 23.0 Å². The van der Waals surface area contributed by atoms with Gasteiger partial charge in [0.2, 0.25) is 0 Å². The number of imidazole rings is 1. The molecule has 0 bridgehead atoms. The first kappa shape index (κ1) is 13.6. The normalized spacial score (nSPS) is 17.9. The number of nitrogens with zero attached hydrogens (tertiary/aromatic N) is 2. The van der Waals surface area contributed by atoms with Gasteiger partial charge in [0.1, 0.15) is 5.82 Å². The number of nitrogens with one attached hydrogen (secondary N) is 1. The van der Waals surface area contributed by atoms with Crippen LogP contribution in [0, 0.1) is 0 Å². The summed E-state index contributed by atoms with van der Waals surface area (Å²) in [6, 6.07) is 6.11. The van der Waals surface area contributed by atoms with Crippen LogP contribution in [0.2, 0.25) is 0 Å². The third-order valence-electron chi connectivity index (χ3n) is 4.44. The second-order valence-electron chi connectivity index (χ2n) is 5.83. The van der Waals surface area contributed by atoms with Gasteiger partial charge in [-0.25, -0.2) is 4.98 Å². The smallest absolute Gasteiger partial charge is 0.112 e. The average molecular weight is 273 g/mol. The molecule has 0 amide bonds. The van der Waals surface area contributed by atoms with E-state index in [4.69, 9.17) is 4.98 Å². The lowest BCUT2D eigenvalue weighted by molar-refractivity contribution is 0.178. The van der Waals surface area contributed by atoms with Crippen molar-refractivity contribution < 1.29 is 5.11 Å². The molecule has 1 aliphatic rings. The zero-order valence-electron chi connectivity index (χ0n) is 12.3. The summed E-state index contributed by atoms with van der Waals surface area (Å²) in [5, 5.41) is 13.1. The molecule has 0 aliphatic heterocycles. The molecule has 1 atom stereocenters. The molecule has 0 spiro atoms. The van der Waals surface area contributed by atoms with Gasteiger partial charge in [-0.15, -0.1) is 0 Å². The van der Waals surface area contributed by atoms with Crippen LogP contribution >= 0.6 is 0 Å². The molecule has 4 heteroatoms. The van der Waals surface area contributed by atoms with Crippen LogP contribution < -0.4 is 5.32 Å². The lowest BCUT2D eigenvalue weighted by Crippen LogP contribution is -2.16. The van der Waals surface area contributed by atoms with E-state index in [1.54, 1.807) is 0 Å². The van der Waals surface area contributed by atoms with E-state index in [9.17, 15) is 5.11 Å². The molecular weight excluding hydrogens is 250 g/mol. The number of likely N-dealkylation sites (N-methyl/N-ethyl adjacent to an activating group) is 1. The average Bonchev–Trinajstić information content (AvgIpc) is 3.07. The monoisotopic (exact) mass is 273 g/mol. The molecule has 108 valence electrons. The van der Waals surface area contributed by atoms with Crippen LogP contribution in [0.15, 0.2) is 18.2 Å². The van der Waals surface area contributed by atoms with Crippen molar-refractivity contribution in [2.75, 3.05) is 13.6 Å². The van der Waals surface area contributed by atoms with Gasteiger partial charge in [0.15, 0.2) is 0 Å². The van der Waals surface area contributed by atoms with Crippen molar-refractivity contribution in [3.63, 3.8) is 0 Å². The first-order valence-corrected chi connectivity index (χ1v) is 7.49. The SMILES string of the molecule is CNCC(O)c1ccc2c(c1)nc(C1CCCC1)n2C. The molecule has 1 heterocycles. The minimum Gasteiger partial charge on any atom is -0.387 e. The molecule has 1 unspecified atom stereocenters. The zero-order valence-corrected chi connectivity index (χ0v) is 12.3. The Morgan fingerprint density at radius 1 is 1.40 bits per heavy atom. The lowest BCUT2D eigenvalue weighted by Gasteiger charge is -2.10. The maximum absolute atomic E-state index is 10.1. The van der Waals surface area contributed by atoms with Gasteiger partial charge in [-0.3, -0.25) is 0 Å². The Morgan fingerprint density at radius 2 is 2.15 bits per heavy atom. The van der Waals surface area contributed by atoms with Crippen LogP contribution in [0.4, 0.5) is 0 Å². The highest BCUT2D eigenvalue weighted by Gasteiger charge is 2.22. The van der Waals surface area contributed by atoms with E-state index in [1.807, 2.05) is 19.2 Å². The highest BCUT2D eigenvalue weighted by Crippen LogP contribution is 2.35. The van der Waals surface area contributed by atoms with E-state index in [1.165, 1.54) is 31.5 Å². The van der Waals surface area contributed by atoms with Crippen LogP contribution in [0.1, 0.15) is 49.1 Å². The summed E-state index contributed by atoms with van der Waals surface area (Å²) in [4.78, 5) is 4.83. The maximum Gasteiger partial charge on any atom is 0.112 e. The van der Waals surface area contributed by atoms with Crippen molar-refractivity contribution in [3.05, 3.63) is 29.6 Å². The lowest BCUT2D eigenvalue weighted by atomic mass is 10.1. The van der Waals surface area contributed by atoms with Crippen molar-refractivity contribution in [2.24, 2.45) is 7.05 Å². The van der Waals surface area contributed by atoms with E-state index in [-0.39, 0.29) is 0 Å². The molecule has 1 aliphatic carbocycles. The molecule has 1 aromatic carbocycles. The van der Waals surface area contributed by atoms with E-state index in [0.29, 0.717) is 12.5 Å². The minimum atomic E-state index is -0.471. The molecule has 0 saturated heterocycles. The number of aliphatic hydroxyl groups excluding tert-OH is 1. The van der Waals surface area contributed by atoms with Crippen molar-refractivity contribution in [1.29, 1.82) is 0 Å². The first-order chi connectivity index (χ1) is 9.70. The molecule has 0 radical (unpaired) electrons. The predicted octanol–water partition coefficient (Wildman–Crippen LogP) is 2.48. The number of aryl methyl sites for hydroxylation is 1. The van der Waals surface area contributed by atoms with E-state index < -0.39 is 6.10 Å². The summed E-state index contributed by atoms with van der Waals surface area (Å²) in [6.45, 7) is 0.563. The molecule has 3 rings (SSSR count). The van der Waals surface area contributed by atoms with Gasteiger partial charge in [0, 0.05) is 19.5 Å². The van der Waals surface area contributed by atoms with Crippen molar-refractivity contribution >= 4 is 11.0 Å². The molecule has 2 aromatic rings. The fraction of sp³-hybridized carbons (Fsp3) is 0.562. The number of benzene rings is 1. The minimum absolute atomic E-state index is 0.471. The molecule has 20 heavy (non-hydrogen) atoms. The number of hydrogen-bond donors (Lipinski definition) is 2. The quantitative estimate of drug-likeness (QED) is 0.900. The van der Waals surface area contributed by atoms with Gasteiger partial charge >= 0.3 is 0 Å². The Hall–Kier alpha value is -1.39. The van der Waals surface area contributed by atoms with Crippen LogP contribution in [0.25, 0.3) is 11.0 Å². The molecule has 1 saturated carbocycles. The van der Waals surface area contributed by atoms with Gasteiger partial charge in [0.05, 0.1) is 17.1 Å². The maximum atomic E-state index is 10.1. The van der Waals surface area contributed by atoms with E-state index >= 15 is 0 Å². The second kappa shape index (κ2) is 5.54. The fourth-order valence-corrected chi connectivity index (χ4v) is 3.30. The van der Waals surface area contributed by atoms with Crippen molar-refractivity contribution in [3.8, 4) is 0 Å². The predicted molar refractivity (Wildman–Crippen MR) is 80.8 cm³/mol. The fourth-order valence-electron chi connectivity index (χ4n) is 3.30. The van der Waals surface area contributed by atoms with Crippen LogP contribution in [-0.4, -0.2) is 28.3 Å². The Morgan fingerprint density at radius 3 is 2.85 bits per heavy atom. The van der Waals surface area contributed by atoms with Gasteiger partial charge < -0.3 is 15.0 Å². The van der Waals surface area contributed by atoms with Crippen molar-refractivity contribution in [1.82, 2.24) is 14.9 Å².